The van der Waals surface area contributed by atoms with Crippen LogP contribution in [0.3, 0.4) is 0 Å². The molecule has 1 heterocycles. The van der Waals surface area contributed by atoms with E-state index >= 15 is 0 Å². The summed E-state index contributed by atoms with van der Waals surface area (Å²) in [6.07, 6.45) is 10.8. The van der Waals surface area contributed by atoms with Gasteiger partial charge in [0.05, 0.1) is 0 Å². The molecule has 3 rings (SSSR count). The number of carboxylic acid groups (broad SMARTS) is 1. The summed E-state index contributed by atoms with van der Waals surface area (Å²) in [5, 5.41) is 20.4. The number of ketones is 1. The molecule has 0 aliphatic heterocycles. The van der Waals surface area contributed by atoms with Crippen LogP contribution in [-0.4, -0.2) is 22.0 Å². The maximum absolute atomic E-state index is 12.4. The molecule has 1 aliphatic rings. The molecule has 0 amide bonds. The lowest BCUT2D eigenvalue weighted by molar-refractivity contribution is -0.137. The standard InChI is InChI=1S/C24H26O4S/c1-16-14-21(26)19(9-4-2-3-5-11-24(27)28)18(16)12-13-20(25)23-15-17-8-6-7-10-22(17)29-23/h2,4,6-8,10,12-15,18-20,25H,3,5,9,11H2,1H3,(H,27,28)/b4-2-,13-12+/t18-,19+,20+/m0/s1. The van der Waals surface area contributed by atoms with E-state index in [0.717, 1.165) is 20.5 Å². The van der Waals surface area contributed by atoms with Crippen LogP contribution in [0.25, 0.3) is 10.1 Å². The van der Waals surface area contributed by atoms with Crippen LogP contribution in [0.1, 0.15) is 43.6 Å². The van der Waals surface area contributed by atoms with Gasteiger partial charge in [0.15, 0.2) is 5.78 Å². The summed E-state index contributed by atoms with van der Waals surface area (Å²) in [5.41, 5.74) is 1.01. The van der Waals surface area contributed by atoms with E-state index < -0.39 is 12.1 Å². The Labute approximate surface area is 174 Å². The Bertz CT molecular complexity index is 933. The molecule has 4 nitrogen and oxygen atoms in total. The Hall–Kier alpha value is -2.50. The van der Waals surface area contributed by atoms with E-state index in [1.807, 2.05) is 55.5 Å². The second kappa shape index (κ2) is 9.81. The number of benzene rings is 1. The number of fused-ring (bicyclic) bond motifs is 1. The van der Waals surface area contributed by atoms with E-state index in [-0.39, 0.29) is 24.0 Å². The van der Waals surface area contributed by atoms with Crippen molar-refractivity contribution < 1.29 is 19.8 Å². The molecular formula is C24H26O4S. The zero-order valence-corrected chi connectivity index (χ0v) is 17.3. The molecule has 0 saturated carbocycles. The highest BCUT2D eigenvalue weighted by Crippen LogP contribution is 2.35. The molecule has 5 heteroatoms. The molecule has 1 aromatic carbocycles. The fraction of sp³-hybridized carbons (Fsp3) is 0.333. The number of unbranched alkanes of at least 4 members (excludes halogenated alkanes) is 1. The number of hydrogen-bond donors (Lipinski definition) is 2. The number of aliphatic hydroxyl groups is 1. The van der Waals surface area contributed by atoms with Gasteiger partial charge in [0.25, 0.3) is 0 Å². The van der Waals surface area contributed by atoms with Crippen molar-refractivity contribution in [1.82, 2.24) is 0 Å². The molecule has 152 valence electrons. The van der Waals surface area contributed by atoms with Crippen molar-refractivity contribution in [3.8, 4) is 0 Å². The summed E-state index contributed by atoms with van der Waals surface area (Å²) in [6, 6.07) is 10.1. The topological polar surface area (TPSA) is 74.6 Å². The maximum atomic E-state index is 12.4. The lowest BCUT2D eigenvalue weighted by atomic mass is 9.87. The molecule has 1 aliphatic carbocycles. The van der Waals surface area contributed by atoms with Crippen LogP contribution in [0.15, 0.2) is 66.3 Å². The zero-order valence-electron chi connectivity index (χ0n) is 16.5. The summed E-state index contributed by atoms with van der Waals surface area (Å²) >= 11 is 1.58. The van der Waals surface area contributed by atoms with E-state index in [1.54, 1.807) is 23.5 Å². The van der Waals surface area contributed by atoms with Crippen molar-refractivity contribution in [3.05, 3.63) is 71.2 Å². The van der Waals surface area contributed by atoms with Crippen LogP contribution in [0.4, 0.5) is 0 Å². The zero-order chi connectivity index (χ0) is 20.8. The molecule has 29 heavy (non-hydrogen) atoms. The number of rotatable bonds is 9. The van der Waals surface area contributed by atoms with Crippen LogP contribution >= 0.6 is 11.3 Å². The Morgan fingerprint density at radius 2 is 2.07 bits per heavy atom. The quantitative estimate of drug-likeness (QED) is 0.426. The van der Waals surface area contributed by atoms with Crippen LogP contribution in [0.2, 0.25) is 0 Å². The van der Waals surface area contributed by atoms with Gasteiger partial charge in [0, 0.05) is 27.8 Å². The summed E-state index contributed by atoms with van der Waals surface area (Å²) < 4.78 is 1.15. The Morgan fingerprint density at radius 1 is 1.28 bits per heavy atom. The predicted molar refractivity (Wildman–Crippen MR) is 117 cm³/mol. The number of carboxylic acids is 1. The number of thiophene rings is 1. The maximum Gasteiger partial charge on any atom is 0.303 e. The first-order chi connectivity index (χ1) is 14.0. The summed E-state index contributed by atoms with van der Waals surface area (Å²) in [4.78, 5) is 23.8. The first-order valence-corrected chi connectivity index (χ1v) is 10.7. The summed E-state index contributed by atoms with van der Waals surface area (Å²) in [5.74, 6) is -0.845. The van der Waals surface area contributed by atoms with E-state index in [4.69, 9.17) is 5.11 Å². The van der Waals surface area contributed by atoms with Gasteiger partial charge in [-0.3, -0.25) is 9.59 Å². The molecule has 3 atom stereocenters. The first-order valence-electron chi connectivity index (χ1n) is 9.89. The number of hydrogen-bond acceptors (Lipinski definition) is 4. The monoisotopic (exact) mass is 410 g/mol. The van der Waals surface area contributed by atoms with E-state index in [9.17, 15) is 14.7 Å². The normalized spacial score (nSPS) is 20.8. The van der Waals surface area contributed by atoms with Gasteiger partial charge in [-0.2, -0.15) is 0 Å². The van der Waals surface area contributed by atoms with Gasteiger partial charge in [0.2, 0.25) is 0 Å². The number of aliphatic carboxylic acids is 1. The second-order valence-electron chi connectivity index (χ2n) is 7.43. The van der Waals surface area contributed by atoms with Crippen molar-refractivity contribution in [2.45, 2.75) is 38.7 Å². The van der Waals surface area contributed by atoms with Crippen molar-refractivity contribution >= 4 is 33.2 Å². The highest BCUT2D eigenvalue weighted by Gasteiger charge is 2.31. The van der Waals surface area contributed by atoms with Gasteiger partial charge in [0.1, 0.15) is 6.10 Å². The van der Waals surface area contributed by atoms with Gasteiger partial charge in [-0.15, -0.1) is 11.3 Å². The molecule has 1 aromatic heterocycles. The van der Waals surface area contributed by atoms with Crippen molar-refractivity contribution in [3.63, 3.8) is 0 Å². The molecule has 0 fully saturated rings. The van der Waals surface area contributed by atoms with Crippen LogP contribution in [0.5, 0.6) is 0 Å². The highest BCUT2D eigenvalue weighted by atomic mass is 32.1. The van der Waals surface area contributed by atoms with Crippen LogP contribution < -0.4 is 0 Å². The fourth-order valence-electron chi connectivity index (χ4n) is 3.67. The minimum absolute atomic E-state index is 0.0183. The Kier molecular flexibility index (Phi) is 7.18. The molecule has 0 spiro atoms. The SMILES string of the molecule is CC1=CC(=O)[C@H](C/C=C\CCCC(=O)O)[C@H]1/C=C/[C@@H](O)c1cc2ccccc2s1. The van der Waals surface area contributed by atoms with Crippen LogP contribution in [-0.2, 0) is 9.59 Å². The van der Waals surface area contributed by atoms with E-state index in [1.165, 1.54) is 0 Å². The third kappa shape index (κ3) is 5.52. The molecule has 0 saturated heterocycles. The Balaban J connectivity index is 1.62. The number of aliphatic hydroxyl groups excluding tert-OH is 1. The average molecular weight is 411 g/mol. The van der Waals surface area contributed by atoms with Crippen molar-refractivity contribution in [1.29, 1.82) is 0 Å². The number of allylic oxidation sites excluding steroid dienone is 5. The Morgan fingerprint density at radius 3 is 2.83 bits per heavy atom. The van der Waals surface area contributed by atoms with Crippen molar-refractivity contribution in [2.24, 2.45) is 11.8 Å². The predicted octanol–water partition coefficient (Wildman–Crippen LogP) is 5.45. The average Bonchev–Trinajstić information content (AvgIpc) is 3.23. The lowest BCUT2D eigenvalue weighted by Gasteiger charge is -2.16. The lowest BCUT2D eigenvalue weighted by Crippen LogP contribution is -2.14. The van der Waals surface area contributed by atoms with Gasteiger partial charge in [-0.05, 0) is 49.8 Å². The third-order valence-electron chi connectivity index (χ3n) is 5.25. The van der Waals surface area contributed by atoms with Gasteiger partial charge in [-0.25, -0.2) is 0 Å². The minimum atomic E-state index is -0.786. The van der Waals surface area contributed by atoms with Gasteiger partial charge >= 0.3 is 5.97 Å². The fourth-order valence-corrected chi connectivity index (χ4v) is 4.70. The number of carbonyl (C=O) groups is 2. The molecule has 0 radical (unpaired) electrons. The van der Waals surface area contributed by atoms with E-state index in [0.29, 0.717) is 19.3 Å². The minimum Gasteiger partial charge on any atom is -0.481 e. The summed E-state index contributed by atoms with van der Waals surface area (Å²) in [7, 11) is 0. The number of carbonyl (C=O) groups excluding carboxylic acids is 1. The summed E-state index contributed by atoms with van der Waals surface area (Å²) in [6.45, 7) is 1.95. The third-order valence-corrected chi connectivity index (χ3v) is 6.44. The smallest absolute Gasteiger partial charge is 0.303 e. The molecule has 0 unspecified atom stereocenters. The van der Waals surface area contributed by atoms with Crippen LogP contribution in [0, 0.1) is 11.8 Å². The molecular weight excluding hydrogens is 384 g/mol. The van der Waals surface area contributed by atoms with E-state index in [2.05, 4.69) is 0 Å². The van der Waals surface area contributed by atoms with Gasteiger partial charge in [-0.1, -0.05) is 48.1 Å². The second-order valence-corrected chi connectivity index (χ2v) is 8.55. The van der Waals surface area contributed by atoms with Crippen molar-refractivity contribution in [2.75, 3.05) is 0 Å². The first kappa shape index (κ1) is 21.2. The highest BCUT2D eigenvalue weighted by molar-refractivity contribution is 7.19. The molecule has 2 N–H and O–H groups in total. The molecule has 0 bridgehead atoms. The molecule has 2 aromatic rings. The van der Waals surface area contributed by atoms with Gasteiger partial charge < -0.3 is 10.2 Å². The largest absolute Gasteiger partial charge is 0.481 e.